The first-order valence-electron chi connectivity index (χ1n) is 9.39. The lowest BCUT2D eigenvalue weighted by molar-refractivity contribution is 0.254. The van der Waals surface area contributed by atoms with E-state index in [-0.39, 0.29) is 0 Å². The minimum absolute atomic E-state index is 0.463. The van der Waals surface area contributed by atoms with Crippen LogP contribution >= 0.6 is 0 Å². The molecule has 5 nitrogen and oxygen atoms in total. The molecule has 1 aliphatic carbocycles. The first kappa shape index (κ1) is 19.0. The third-order valence-corrected chi connectivity index (χ3v) is 5.22. The monoisotopic (exact) mass is 365 g/mol. The molecule has 2 aromatic rings. The number of amides is 2. The van der Waals surface area contributed by atoms with Crippen LogP contribution in [0, 0.1) is 6.92 Å². The molecule has 0 saturated carbocycles. The van der Waals surface area contributed by atoms with Crippen LogP contribution in [-0.4, -0.2) is 24.7 Å². The number of carbonyl (C=O) groups excluding carboxylic acids is 1. The molecule has 1 atom stereocenters. The standard InChI is InChI=1S/C22H27N3O2/c1-16-13-21(27-2)24-14-20(16)25(22(23)26)15-17-7-6-10-19(12-11-17)18-8-4-3-5-9-18/h3-5,7-9,13-14,19H,6,10-12,15H2,1-2H3,(H2,23,26). The Morgan fingerprint density at radius 3 is 2.74 bits per heavy atom. The number of nitrogens with two attached hydrogens (primary N) is 1. The van der Waals surface area contributed by atoms with Crippen molar-refractivity contribution in [3.63, 3.8) is 0 Å². The molecule has 1 heterocycles. The van der Waals surface area contributed by atoms with Crippen LogP contribution in [0.4, 0.5) is 10.5 Å². The Labute approximate surface area is 160 Å². The summed E-state index contributed by atoms with van der Waals surface area (Å²) in [5.74, 6) is 1.09. The Morgan fingerprint density at radius 2 is 2.07 bits per heavy atom. The van der Waals surface area contributed by atoms with Gasteiger partial charge in [-0.15, -0.1) is 0 Å². The second kappa shape index (κ2) is 8.71. The van der Waals surface area contributed by atoms with E-state index in [9.17, 15) is 4.79 Å². The van der Waals surface area contributed by atoms with Gasteiger partial charge in [0.2, 0.25) is 5.88 Å². The summed E-state index contributed by atoms with van der Waals surface area (Å²) in [5, 5.41) is 0. The van der Waals surface area contributed by atoms with E-state index in [1.807, 2.05) is 13.0 Å². The summed E-state index contributed by atoms with van der Waals surface area (Å²) in [6.45, 7) is 2.44. The molecule has 0 bridgehead atoms. The predicted octanol–water partition coefficient (Wildman–Crippen LogP) is 4.57. The second-order valence-electron chi connectivity index (χ2n) is 7.02. The summed E-state index contributed by atoms with van der Waals surface area (Å²) in [6, 6.07) is 12.0. The highest BCUT2D eigenvalue weighted by Gasteiger charge is 2.20. The minimum Gasteiger partial charge on any atom is -0.481 e. The highest BCUT2D eigenvalue weighted by Crippen LogP contribution is 2.32. The lowest BCUT2D eigenvalue weighted by Gasteiger charge is -2.24. The zero-order chi connectivity index (χ0) is 19.2. The number of methoxy groups -OCH3 is 1. The molecule has 1 unspecified atom stereocenters. The maximum absolute atomic E-state index is 12.1. The molecule has 0 radical (unpaired) electrons. The Bertz CT molecular complexity index is 818. The van der Waals surface area contributed by atoms with Crippen molar-refractivity contribution in [1.82, 2.24) is 4.98 Å². The molecular formula is C22H27N3O2. The van der Waals surface area contributed by atoms with Crippen LogP contribution in [0.3, 0.4) is 0 Å². The molecule has 0 saturated heterocycles. The summed E-state index contributed by atoms with van der Waals surface area (Å²) < 4.78 is 5.15. The normalized spacial score (nSPS) is 17.0. The fourth-order valence-corrected chi connectivity index (χ4v) is 3.70. The molecule has 142 valence electrons. The van der Waals surface area contributed by atoms with Gasteiger partial charge in [0.1, 0.15) is 0 Å². The molecule has 2 N–H and O–H groups in total. The zero-order valence-electron chi connectivity index (χ0n) is 16.0. The fraction of sp³-hybridized carbons (Fsp3) is 0.364. The van der Waals surface area contributed by atoms with Crippen LogP contribution in [-0.2, 0) is 0 Å². The van der Waals surface area contributed by atoms with Crippen molar-refractivity contribution in [2.75, 3.05) is 18.6 Å². The van der Waals surface area contributed by atoms with Gasteiger partial charge in [0.25, 0.3) is 0 Å². The van der Waals surface area contributed by atoms with Crippen molar-refractivity contribution >= 4 is 11.7 Å². The third kappa shape index (κ3) is 4.67. The first-order valence-corrected chi connectivity index (χ1v) is 9.39. The molecule has 27 heavy (non-hydrogen) atoms. The number of rotatable bonds is 5. The highest BCUT2D eigenvalue weighted by atomic mass is 16.5. The fourth-order valence-electron chi connectivity index (χ4n) is 3.70. The lowest BCUT2D eigenvalue weighted by Crippen LogP contribution is -2.37. The molecule has 2 amide bonds. The van der Waals surface area contributed by atoms with E-state index in [1.54, 1.807) is 18.2 Å². The maximum atomic E-state index is 12.1. The number of primary amides is 1. The van der Waals surface area contributed by atoms with Crippen molar-refractivity contribution in [3.05, 3.63) is 65.4 Å². The summed E-state index contributed by atoms with van der Waals surface area (Å²) >= 11 is 0. The molecule has 3 rings (SSSR count). The number of aromatic nitrogens is 1. The topological polar surface area (TPSA) is 68.5 Å². The third-order valence-electron chi connectivity index (χ3n) is 5.22. The van der Waals surface area contributed by atoms with Crippen LogP contribution in [0.15, 0.2) is 54.2 Å². The number of pyridine rings is 1. The number of anilines is 1. The molecule has 1 aromatic heterocycles. The Morgan fingerprint density at radius 1 is 1.30 bits per heavy atom. The summed E-state index contributed by atoms with van der Waals surface area (Å²) in [6.07, 6.45) is 8.12. The molecule has 1 aromatic carbocycles. The Kier molecular flexibility index (Phi) is 6.12. The number of urea groups is 1. The summed E-state index contributed by atoms with van der Waals surface area (Å²) in [5.41, 5.74) is 9.98. The molecular weight excluding hydrogens is 338 g/mol. The smallest absolute Gasteiger partial charge is 0.319 e. The van der Waals surface area contributed by atoms with Crippen LogP contribution in [0.2, 0.25) is 0 Å². The molecule has 0 aliphatic heterocycles. The quantitative estimate of drug-likeness (QED) is 0.789. The van der Waals surface area contributed by atoms with Gasteiger partial charge in [-0.05, 0) is 49.7 Å². The SMILES string of the molecule is COc1cc(C)c(N(CC2=CCCC(c3ccccc3)CC2)C(N)=O)cn1. The number of aryl methyl sites for hydroxylation is 1. The second-order valence-corrected chi connectivity index (χ2v) is 7.02. The van der Waals surface area contributed by atoms with E-state index in [1.165, 1.54) is 11.1 Å². The van der Waals surface area contributed by atoms with E-state index in [2.05, 4.69) is 41.4 Å². The van der Waals surface area contributed by atoms with E-state index in [0.717, 1.165) is 36.9 Å². The van der Waals surface area contributed by atoms with Crippen LogP contribution in [0.1, 0.15) is 42.7 Å². The lowest BCUT2D eigenvalue weighted by atomic mass is 9.91. The average molecular weight is 365 g/mol. The van der Waals surface area contributed by atoms with Gasteiger partial charge in [-0.3, -0.25) is 4.90 Å². The van der Waals surface area contributed by atoms with E-state index in [4.69, 9.17) is 10.5 Å². The van der Waals surface area contributed by atoms with Gasteiger partial charge in [0.15, 0.2) is 0 Å². The number of carbonyl (C=O) groups is 1. The van der Waals surface area contributed by atoms with Gasteiger partial charge >= 0.3 is 6.03 Å². The van der Waals surface area contributed by atoms with Crippen LogP contribution in [0.5, 0.6) is 5.88 Å². The van der Waals surface area contributed by atoms with E-state index >= 15 is 0 Å². The number of nitrogens with zero attached hydrogens (tertiary/aromatic N) is 2. The molecule has 1 aliphatic rings. The number of hydrogen-bond acceptors (Lipinski definition) is 3. The number of benzene rings is 1. The molecule has 0 fully saturated rings. The average Bonchev–Trinajstić information content (AvgIpc) is 2.92. The molecule has 5 heteroatoms. The molecule has 0 spiro atoms. The number of hydrogen-bond donors (Lipinski definition) is 1. The predicted molar refractivity (Wildman–Crippen MR) is 108 cm³/mol. The van der Waals surface area contributed by atoms with Gasteiger partial charge in [-0.2, -0.15) is 0 Å². The van der Waals surface area contributed by atoms with Gasteiger partial charge in [0.05, 0.1) is 19.0 Å². The Balaban J connectivity index is 1.72. The van der Waals surface area contributed by atoms with Crippen molar-refractivity contribution in [2.24, 2.45) is 5.73 Å². The van der Waals surface area contributed by atoms with Gasteiger partial charge in [-0.25, -0.2) is 9.78 Å². The van der Waals surface area contributed by atoms with Crippen molar-refractivity contribution in [3.8, 4) is 5.88 Å². The van der Waals surface area contributed by atoms with Crippen molar-refractivity contribution in [2.45, 2.75) is 38.5 Å². The number of allylic oxidation sites excluding steroid dienone is 1. The van der Waals surface area contributed by atoms with E-state index < -0.39 is 6.03 Å². The van der Waals surface area contributed by atoms with E-state index in [0.29, 0.717) is 18.3 Å². The minimum atomic E-state index is -0.463. The highest BCUT2D eigenvalue weighted by molar-refractivity contribution is 5.91. The van der Waals surface area contributed by atoms with Crippen molar-refractivity contribution < 1.29 is 9.53 Å². The Hall–Kier alpha value is -2.82. The van der Waals surface area contributed by atoms with Crippen LogP contribution in [0.25, 0.3) is 0 Å². The van der Waals surface area contributed by atoms with Gasteiger partial charge in [0, 0.05) is 12.6 Å². The van der Waals surface area contributed by atoms with Crippen molar-refractivity contribution in [1.29, 1.82) is 0 Å². The summed E-state index contributed by atoms with van der Waals surface area (Å²) in [4.78, 5) is 18.0. The number of ether oxygens (including phenoxy) is 1. The van der Waals surface area contributed by atoms with Gasteiger partial charge < -0.3 is 10.5 Å². The van der Waals surface area contributed by atoms with Gasteiger partial charge in [-0.1, -0.05) is 42.0 Å². The first-order chi connectivity index (χ1) is 13.1. The largest absolute Gasteiger partial charge is 0.481 e. The summed E-state index contributed by atoms with van der Waals surface area (Å²) in [7, 11) is 1.58. The zero-order valence-corrected chi connectivity index (χ0v) is 16.0. The maximum Gasteiger partial charge on any atom is 0.319 e. The van der Waals surface area contributed by atoms with Crippen LogP contribution < -0.4 is 15.4 Å².